The zero-order valence-electron chi connectivity index (χ0n) is 45.1. The predicted molar refractivity (Wildman–Crippen MR) is 283 cm³/mol. The number of rotatable bonds is 17. The topological polar surface area (TPSA) is 172 Å². The Balaban J connectivity index is 1.64. The van der Waals surface area contributed by atoms with Crippen LogP contribution in [0.15, 0.2) is 0 Å². The quantitative estimate of drug-likeness (QED) is 0.0713. The number of methoxy groups -OCH3 is 1. The Hall–Kier alpha value is -3.18. The van der Waals surface area contributed by atoms with E-state index in [0.29, 0.717) is 0 Å². The molecule has 0 bridgehead atoms. The molecular formula is C59H103N5O7. The summed E-state index contributed by atoms with van der Waals surface area (Å²) < 4.78 is 5.71. The highest BCUT2D eigenvalue weighted by atomic mass is 16.5. The van der Waals surface area contributed by atoms with Gasteiger partial charge in [0, 0.05) is 32.1 Å². The SMILES string of the molecule is COC(=O)C(NC(=O)CC1CCCCCCCC1)(NC(=O)CC1CCCCCCCC1)C(NC(=O)CC1CCCCCCCC1)(NC(=O)CC1CCCCCCCC1)NC(=O)CC1CCCCCCCC1. The Morgan fingerprint density at radius 3 is 0.648 bits per heavy atom. The molecule has 5 aliphatic rings. The second-order valence-electron chi connectivity index (χ2n) is 23.6. The minimum atomic E-state index is -2.65. The number of amides is 5. The van der Waals surface area contributed by atoms with Crippen molar-refractivity contribution in [2.75, 3.05) is 7.11 Å². The molecule has 5 N–H and O–H groups in total. The summed E-state index contributed by atoms with van der Waals surface area (Å²) >= 11 is 0. The first-order chi connectivity index (χ1) is 34.6. The maximum Gasteiger partial charge on any atom is 0.359 e. The molecule has 0 saturated heterocycles. The molecule has 0 aromatic heterocycles. The lowest BCUT2D eigenvalue weighted by atomic mass is 9.89. The third-order valence-electron chi connectivity index (χ3n) is 17.4. The van der Waals surface area contributed by atoms with Crippen LogP contribution < -0.4 is 26.6 Å². The second kappa shape index (κ2) is 33.6. The van der Waals surface area contributed by atoms with Crippen molar-refractivity contribution in [2.45, 2.75) is 300 Å². The number of hydrogen-bond donors (Lipinski definition) is 5. The number of carbonyl (C=O) groups excluding carboxylic acids is 6. The van der Waals surface area contributed by atoms with Crippen molar-refractivity contribution in [3.63, 3.8) is 0 Å². The van der Waals surface area contributed by atoms with Gasteiger partial charge in [-0.25, -0.2) is 4.79 Å². The van der Waals surface area contributed by atoms with Crippen molar-refractivity contribution in [3.8, 4) is 0 Å². The van der Waals surface area contributed by atoms with Gasteiger partial charge in [-0.3, -0.25) is 24.0 Å². The van der Waals surface area contributed by atoms with Crippen LogP contribution in [0.4, 0.5) is 0 Å². The highest BCUT2D eigenvalue weighted by Gasteiger charge is 2.63. The molecule has 71 heavy (non-hydrogen) atoms. The molecule has 5 amide bonds. The molecule has 0 aromatic carbocycles. The van der Waals surface area contributed by atoms with E-state index in [1.807, 2.05) is 0 Å². The van der Waals surface area contributed by atoms with E-state index in [2.05, 4.69) is 26.6 Å². The maximum absolute atomic E-state index is 15.4. The summed E-state index contributed by atoms with van der Waals surface area (Å²) in [5.74, 6) is -5.84. The van der Waals surface area contributed by atoms with Crippen molar-refractivity contribution in [1.29, 1.82) is 0 Å². The highest BCUT2D eigenvalue weighted by molar-refractivity contribution is 5.97. The van der Waals surface area contributed by atoms with Crippen LogP contribution >= 0.6 is 0 Å². The monoisotopic (exact) mass is 994 g/mol. The van der Waals surface area contributed by atoms with Crippen molar-refractivity contribution in [1.82, 2.24) is 26.6 Å². The predicted octanol–water partition coefficient (Wildman–Crippen LogP) is 12.8. The fourth-order valence-electron chi connectivity index (χ4n) is 13.2. The first-order valence-electron chi connectivity index (χ1n) is 30.2. The summed E-state index contributed by atoms with van der Waals surface area (Å²) in [7, 11) is 1.20. The first-order valence-corrected chi connectivity index (χ1v) is 30.2. The second-order valence-corrected chi connectivity index (χ2v) is 23.6. The third kappa shape index (κ3) is 21.7. The molecule has 12 nitrogen and oxygen atoms in total. The molecule has 5 fully saturated rings. The van der Waals surface area contributed by atoms with Gasteiger partial charge >= 0.3 is 5.97 Å². The Bertz CT molecular complexity index is 1400. The molecule has 0 heterocycles. The molecule has 0 radical (unpaired) electrons. The molecule has 0 unspecified atom stereocenters. The van der Waals surface area contributed by atoms with Crippen molar-refractivity contribution in [2.24, 2.45) is 29.6 Å². The summed E-state index contributed by atoms with van der Waals surface area (Å²) in [5.41, 5.74) is -2.65. The normalized spacial score (nSPS) is 21.9. The summed E-state index contributed by atoms with van der Waals surface area (Å²) in [6.07, 6.45) is 41.7. The van der Waals surface area contributed by atoms with Gasteiger partial charge in [-0.05, 0) is 93.8 Å². The standard InChI is InChI=1S/C59H103N5O7/c1-71-57(70)58(60-52(65)42-47-32-22-12-2-3-13-23-33-47,61-53(66)43-48-34-24-14-4-5-15-25-35-48)59(62-54(67)44-49-36-26-16-6-7-17-27-37-49,63-55(68)45-50-38-28-18-8-9-19-29-39-50)64-56(69)46-51-40-30-20-10-11-21-31-41-51/h47-51H,2-46H2,1H3,(H,60,65)(H,61,66)(H,62,67)(H,63,68)(H,64,69). The number of hydrogen-bond acceptors (Lipinski definition) is 7. The van der Waals surface area contributed by atoms with Crippen molar-refractivity contribution in [3.05, 3.63) is 0 Å². The molecule has 12 heteroatoms. The van der Waals surface area contributed by atoms with Crippen LogP contribution in [0.25, 0.3) is 0 Å². The van der Waals surface area contributed by atoms with Gasteiger partial charge < -0.3 is 31.3 Å². The molecule has 0 aliphatic heterocycles. The van der Waals surface area contributed by atoms with E-state index in [9.17, 15) is 0 Å². The van der Waals surface area contributed by atoms with Crippen LogP contribution in [-0.4, -0.2) is 54.1 Å². The van der Waals surface area contributed by atoms with Gasteiger partial charge in [-0.15, -0.1) is 0 Å². The molecule has 0 spiro atoms. The minimum Gasteiger partial charge on any atom is -0.466 e. The lowest BCUT2D eigenvalue weighted by molar-refractivity contribution is -0.167. The molecule has 406 valence electrons. The molecule has 0 atom stereocenters. The van der Waals surface area contributed by atoms with Crippen LogP contribution in [0.5, 0.6) is 0 Å². The van der Waals surface area contributed by atoms with E-state index in [1.165, 1.54) is 71.3 Å². The number of esters is 1. The first kappa shape index (κ1) is 58.7. The van der Waals surface area contributed by atoms with Gasteiger partial charge in [-0.1, -0.05) is 193 Å². The third-order valence-corrected chi connectivity index (χ3v) is 17.4. The number of ether oxygens (including phenoxy) is 1. The maximum atomic E-state index is 15.4. The Labute approximate surface area is 431 Å². The molecule has 5 saturated carbocycles. The van der Waals surface area contributed by atoms with E-state index in [4.69, 9.17) is 4.74 Å². The Kier molecular flexibility index (Phi) is 27.8. The number of carbonyl (C=O) groups is 6. The fourth-order valence-corrected chi connectivity index (χ4v) is 13.2. The average Bonchev–Trinajstić information content (AvgIpc) is 3.74. The van der Waals surface area contributed by atoms with Gasteiger partial charge in [0.15, 0.2) is 0 Å². The van der Waals surface area contributed by atoms with Gasteiger partial charge in [0.1, 0.15) is 0 Å². The van der Waals surface area contributed by atoms with Crippen LogP contribution in [-0.2, 0) is 33.5 Å². The smallest absolute Gasteiger partial charge is 0.359 e. The largest absolute Gasteiger partial charge is 0.466 e. The van der Waals surface area contributed by atoms with E-state index < -0.39 is 47.0 Å². The van der Waals surface area contributed by atoms with Crippen molar-refractivity contribution < 1.29 is 33.5 Å². The fraction of sp³-hybridized carbons (Fsp3) is 0.898. The van der Waals surface area contributed by atoms with Gasteiger partial charge in [0.25, 0.3) is 5.66 Å². The summed E-state index contributed by atoms with van der Waals surface area (Å²) in [6.45, 7) is 0. The van der Waals surface area contributed by atoms with E-state index >= 15 is 28.8 Å². The molecule has 5 aliphatic carbocycles. The van der Waals surface area contributed by atoms with E-state index in [1.54, 1.807) is 0 Å². The van der Waals surface area contributed by atoms with Crippen LogP contribution in [0.1, 0.15) is 289 Å². The van der Waals surface area contributed by atoms with Gasteiger partial charge in [-0.2, -0.15) is 0 Å². The zero-order chi connectivity index (χ0) is 50.4. The Morgan fingerprint density at radius 1 is 0.296 bits per heavy atom. The van der Waals surface area contributed by atoms with Gasteiger partial charge in [0.05, 0.1) is 7.11 Å². The van der Waals surface area contributed by atoms with Crippen LogP contribution in [0.3, 0.4) is 0 Å². The zero-order valence-corrected chi connectivity index (χ0v) is 45.1. The molecular weight excluding hydrogens is 891 g/mol. The van der Waals surface area contributed by atoms with Gasteiger partial charge in [0.2, 0.25) is 35.3 Å². The Morgan fingerprint density at radius 2 is 0.465 bits per heavy atom. The summed E-state index contributed by atoms with van der Waals surface area (Å²) in [4.78, 5) is 91.1. The average molecular weight is 995 g/mol. The lowest BCUT2D eigenvalue weighted by Gasteiger charge is -2.49. The van der Waals surface area contributed by atoms with Crippen LogP contribution in [0.2, 0.25) is 0 Å². The van der Waals surface area contributed by atoms with Crippen molar-refractivity contribution >= 4 is 35.5 Å². The van der Waals surface area contributed by atoms with E-state index in [-0.39, 0.29) is 61.7 Å². The summed E-state index contributed by atoms with van der Waals surface area (Å²) in [5, 5.41) is 15.5. The summed E-state index contributed by atoms with van der Waals surface area (Å²) in [6, 6.07) is 0. The van der Waals surface area contributed by atoms with E-state index in [0.717, 1.165) is 193 Å². The van der Waals surface area contributed by atoms with Crippen LogP contribution in [0, 0.1) is 29.6 Å². The lowest BCUT2D eigenvalue weighted by Crippen LogP contribution is -2.91. The molecule has 5 rings (SSSR count). The molecule has 0 aromatic rings. The highest BCUT2D eigenvalue weighted by Crippen LogP contribution is 2.32. The minimum absolute atomic E-state index is 0.0291. The number of nitrogens with one attached hydrogen (secondary N) is 5.